The van der Waals surface area contributed by atoms with E-state index in [2.05, 4.69) is 41.7 Å². The van der Waals surface area contributed by atoms with Crippen molar-refractivity contribution in [3.05, 3.63) is 108 Å². The second-order valence-corrected chi connectivity index (χ2v) is 8.99. The van der Waals surface area contributed by atoms with Gasteiger partial charge in [0.1, 0.15) is 6.04 Å². The average Bonchev–Trinajstić information content (AvgIpc) is 2.86. The third-order valence-electron chi connectivity index (χ3n) is 6.08. The van der Waals surface area contributed by atoms with Gasteiger partial charge in [-0.05, 0) is 43.4 Å². The Morgan fingerprint density at radius 1 is 0.794 bits per heavy atom. The largest absolute Gasteiger partial charge is 0.352 e. The Balaban J connectivity index is 1.89. The first-order valence-corrected chi connectivity index (χ1v) is 12.2. The van der Waals surface area contributed by atoms with Gasteiger partial charge in [0.25, 0.3) is 0 Å². The summed E-state index contributed by atoms with van der Waals surface area (Å²) >= 11 is 0. The van der Waals surface area contributed by atoms with Crippen LogP contribution in [0.3, 0.4) is 0 Å². The molecule has 178 valence electrons. The minimum Gasteiger partial charge on any atom is -0.352 e. The van der Waals surface area contributed by atoms with Crippen LogP contribution in [-0.2, 0) is 16.0 Å². The summed E-state index contributed by atoms with van der Waals surface area (Å²) < 4.78 is 0. The summed E-state index contributed by atoms with van der Waals surface area (Å²) in [4.78, 5) is 28.7. The third kappa shape index (κ3) is 7.05. The normalized spacial score (nSPS) is 11.9. The topological polar surface area (TPSA) is 49.4 Å². The molecule has 0 spiro atoms. The lowest BCUT2D eigenvalue weighted by Crippen LogP contribution is -2.51. The predicted molar refractivity (Wildman–Crippen MR) is 139 cm³/mol. The van der Waals surface area contributed by atoms with Crippen LogP contribution >= 0.6 is 0 Å². The number of nitrogens with one attached hydrogen (secondary N) is 1. The zero-order chi connectivity index (χ0) is 24.3. The lowest BCUT2D eigenvalue weighted by atomic mass is 9.88. The van der Waals surface area contributed by atoms with Crippen molar-refractivity contribution in [2.45, 2.75) is 58.0 Å². The molecule has 0 aliphatic heterocycles. The van der Waals surface area contributed by atoms with Gasteiger partial charge in [-0.1, -0.05) is 97.9 Å². The number of nitrogens with zero attached hydrogens (tertiary/aromatic N) is 1. The Bertz CT molecular complexity index is 980. The molecule has 2 amide bonds. The molecule has 0 fully saturated rings. The van der Waals surface area contributed by atoms with Crippen LogP contribution in [0.4, 0.5) is 0 Å². The van der Waals surface area contributed by atoms with E-state index in [1.165, 1.54) is 0 Å². The fourth-order valence-electron chi connectivity index (χ4n) is 4.37. The van der Waals surface area contributed by atoms with E-state index in [-0.39, 0.29) is 23.8 Å². The van der Waals surface area contributed by atoms with Crippen LogP contribution < -0.4 is 5.32 Å². The number of carbonyl (C=O) groups excluding carboxylic acids is 2. The van der Waals surface area contributed by atoms with Crippen molar-refractivity contribution in [3.8, 4) is 0 Å². The van der Waals surface area contributed by atoms with Crippen molar-refractivity contribution in [2.75, 3.05) is 6.54 Å². The van der Waals surface area contributed by atoms with Gasteiger partial charge in [0.15, 0.2) is 0 Å². The zero-order valence-corrected chi connectivity index (χ0v) is 20.5. The van der Waals surface area contributed by atoms with E-state index in [4.69, 9.17) is 0 Å². The zero-order valence-electron chi connectivity index (χ0n) is 20.5. The van der Waals surface area contributed by atoms with Crippen LogP contribution in [0, 0.1) is 0 Å². The number of benzene rings is 3. The fourth-order valence-corrected chi connectivity index (χ4v) is 4.37. The number of carbonyl (C=O) groups is 2. The van der Waals surface area contributed by atoms with Gasteiger partial charge in [-0.25, -0.2) is 0 Å². The summed E-state index contributed by atoms with van der Waals surface area (Å²) in [5.74, 6) is -0.158. The number of amides is 2. The Kier molecular flexibility index (Phi) is 9.45. The van der Waals surface area contributed by atoms with E-state index in [0.717, 1.165) is 16.7 Å². The van der Waals surface area contributed by atoms with Gasteiger partial charge >= 0.3 is 0 Å². The molecule has 0 aromatic heterocycles. The van der Waals surface area contributed by atoms with Gasteiger partial charge < -0.3 is 10.2 Å². The molecule has 0 aliphatic carbocycles. The Morgan fingerprint density at radius 2 is 1.29 bits per heavy atom. The predicted octanol–water partition coefficient (Wildman–Crippen LogP) is 5.58. The summed E-state index contributed by atoms with van der Waals surface area (Å²) in [6, 6.07) is 29.9. The highest BCUT2D eigenvalue weighted by Gasteiger charge is 2.30. The van der Waals surface area contributed by atoms with Gasteiger partial charge in [-0.15, -0.1) is 0 Å². The van der Waals surface area contributed by atoms with Crippen molar-refractivity contribution >= 4 is 11.8 Å². The number of hydrogen-bond donors (Lipinski definition) is 1. The smallest absolute Gasteiger partial charge is 0.242 e. The first-order chi connectivity index (χ1) is 16.5. The Labute approximate surface area is 204 Å². The van der Waals surface area contributed by atoms with Gasteiger partial charge in [-0.2, -0.15) is 0 Å². The summed E-state index contributed by atoms with van der Waals surface area (Å²) in [5, 5.41) is 3.01. The highest BCUT2D eigenvalue weighted by Crippen LogP contribution is 2.29. The second kappa shape index (κ2) is 12.7. The Morgan fingerprint density at radius 3 is 1.76 bits per heavy atom. The first-order valence-electron chi connectivity index (χ1n) is 12.2. The molecule has 34 heavy (non-hydrogen) atoms. The van der Waals surface area contributed by atoms with Crippen molar-refractivity contribution in [2.24, 2.45) is 0 Å². The molecule has 0 bridgehead atoms. The molecule has 0 saturated heterocycles. The SMILES string of the molecule is CCC(C(=O)NC(C)C)N(CCc1ccccc1)C(=O)CC(c1ccccc1)c1ccccc1. The maximum absolute atomic E-state index is 13.9. The van der Waals surface area contributed by atoms with Crippen LogP contribution in [0.2, 0.25) is 0 Å². The maximum Gasteiger partial charge on any atom is 0.242 e. The van der Waals surface area contributed by atoms with E-state index >= 15 is 0 Å². The third-order valence-corrected chi connectivity index (χ3v) is 6.08. The molecule has 0 radical (unpaired) electrons. The van der Waals surface area contributed by atoms with Crippen molar-refractivity contribution < 1.29 is 9.59 Å². The fraction of sp³-hybridized carbons (Fsp3) is 0.333. The lowest BCUT2D eigenvalue weighted by molar-refractivity contribution is -0.141. The summed E-state index contributed by atoms with van der Waals surface area (Å²) in [5.41, 5.74) is 3.36. The number of rotatable bonds is 11. The van der Waals surface area contributed by atoms with Gasteiger partial charge in [-0.3, -0.25) is 9.59 Å². The van der Waals surface area contributed by atoms with Crippen LogP contribution in [-0.4, -0.2) is 35.3 Å². The average molecular weight is 457 g/mol. The van der Waals surface area contributed by atoms with Gasteiger partial charge in [0.2, 0.25) is 11.8 Å². The van der Waals surface area contributed by atoms with Crippen LogP contribution in [0.15, 0.2) is 91.0 Å². The highest BCUT2D eigenvalue weighted by molar-refractivity contribution is 5.88. The molecule has 1 N–H and O–H groups in total. The highest BCUT2D eigenvalue weighted by atomic mass is 16.2. The van der Waals surface area contributed by atoms with Crippen molar-refractivity contribution in [3.63, 3.8) is 0 Å². The summed E-state index contributed by atoms with van der Waals surface area (Å²) in [6.45, 7) is 6.37. The van der Waals surface area contributed by atoms with Crippen LogP contribution in [0.25, 0.3) is 0 Å². The van der Waals surface area contributed by atoms with E-state index in [1.807, 2.05) is 75.4 Å². The maximum atomic E-state index is 13.9. The van der Waals surface area contributed by atoms with E-state index < -0.39 is 6.04 Å². The molecule has 3 aromatic carbocycles. The molecule has 4 heteroatoms. The molecule has 4 nitrogen and oxygen atoms in total. The van der Waals surface area contributed by atoms with Crippen molar-refractivity contribution in [1.29, 1.82) is 0 Å². The molecule has 0 heterocycles. The van der Waals surface area contributed by atoms with Crippen LogP contribution in [0.5, 0.6) is 0 Å². The molecule has 3 aromatic rings. The van der Waals surface area contributed by atoms with E-state index in [0.29, 0.717) is 25.8 Å². The first kappa shape index (κ1) is 25.2. The molecular weight excluding hydrogens is 420 g/mol. The Hall–Kier alpha value is -3.40. The monoisotopic (exact) mass is 456 g/mol. The summed E-state index contributed by atoms with van der Waals surface area (Å²) in [6.07, 6.45) is 1.59. The summed E-state index contributed by atoms with van der Waals surface area (Å²) in [7, 11) is 0. The second-order valence-electron chi connectivity index (χ2n) is 8.99. The molecule has 1 unspecified atom stereocenters. The molecule has 0 aliphatic rings. The molecule has 0 saturated carbocycles. The van der Waals surface area contributed by atoms with Crippen molar-refractivity contribution in [1.82, 2.24) is 10.2 Å². The number of hydrogen-bond acceptors (Lipinski definition) is 2. The van der Waals surface area contributed by atoms with Crippen LogP contribution in [0.1, 0.15) is 56.2 Å². The molecular formula is C30H36N2O2. The molecule has 1 atom stereocenters. The quantitative estimate of drug-likeness (QED) is 0.409. The van der Waals surface area contributed by atoms with Gasteiger partial charge in [0, 0.05) is 24.9 Å². The minimum absolute atomic E-state index is 0.000562. The molecule has 3 rings (SSSR count). The standard InChI is InChI=1S/C30H36N2O2/c1-4-28(30(34)31-23(2)3)32(21-20-24-14-8-5-9-15-24)29(33)22-27(25-16-10-6-11-17-25)26-18-12-7-13-19-26/h5-19,23,27-28H,4,20-22H2,1-3H3,(H,31,34). The van der Waals surface area contributed by atoms with E-state index in [9.17, 15) is 9.59 Å². The minimum atomic E-state index is -0.495. The van der Waals surface area contributed by atoms with Gasteiger partial charge in [0.05, 0.1) is 0 Å². The lowest BCUT2D eigenvalue weighted by Gasteiger charge is -2.32. The van der Waals surface area contributed by atoms with E-state index in [1.54, 1.807) is 4.90 Å².